The Labute approximate surface area is 114 Å². The number of aliphatic carboxylic acids is 1. The highest BCUT2D eigenvalue weighted by atomic mass is 16.5. The normalized spacial score (nSPS) is 17.5. The van der Waals surface area contributed by atoms with Gasteiger partial charge in [-0.05, 0) is 42.6 Å². The third kappa shape index (κ3) is 3.07. The Balaban J connectivity index is 2.16. The smallest absolute Gasteiger partial charge is 0.304 e. The zero-order valence-corrected chi connectivity index (χ0v) is 11.6. The predicted octanol–water partition coefficient (Wildman–Crippen LogP) is 2.48. The lowest BCUT2D eigenvalue weighted by Gasteiger charge is -2.27. The van der Waals surface area contributed by atoms with Crippen molar-refractivity contribution in [3.63, 3.8) is 0 Å². The number of fused-ring (bicyclic) bond motifs is 1. The van der Waals surface area contributed by atoms with Crippen LogP contribution < -0.4 is 4.74 Å². The number of hydrogen-bond donors (Lipinski definition) is 1. The van der Waals surface area contributed by atoms with E-state index < -0.39 is 5.97 Å². The van der Waals surface area contributed by atoms with Crippen LogP contribution in [0.15, 0.2) is 18.2 Å². The van der Waals surface area contributed by atoms with Crippen LogP contribution in [0.2, 0.25) is 0 Å². The zero-order valence-electron chi connectivity index (χ0n) is 11.6. The molecule has 0 saturated carbocycles. The number of methoxy groups -OCH3 is 1. The molecule has 104 valence electrons. The fourth-order valence-electron chi connectivity index (χ4n) is 2.84. The van der Waals surface area contributed by atoms with Crippen molar-refractivity contribution in [2.24, 2.45) is 0 Å². The van der Waals surface area contributed by atoms with Crippen LogP contribution in [0.3, 0.4) is 0 Å². The van der Waals surface area contributed by atoms with E-state index in [9.17, 15) is 4.79 Å². The molecule has 4 nitrogen and oxygen atoms in total. The third-order valence-corrected chi connectivity index (χ3v) is 3.86. The molecular formula is C15H21NO3. The molecule has 0 amide bonds. The average molecular weight is 263 g/mol. The summed E-state index contributed by atoms with van der Waals surface area (Å²) in [6.07, 6.45) is 2.33. The maximum atomic E-state index is 10.7. The van der Waals surface area contributed by atoms with Crippen LogP contribution in [0, 0.1) is 0 Å². The van der Waals surface area contributed by atoms with Gasteiger partial charge in [0.1, 0.15) is 5.75 Å². The van der Waals surface area contributed by atoms with Crippen LogP contribution in [0.1, 0.15) is 36.9 Å². The molecule has 0 aliphatic heterocycles. The first-order valence-corrected chi connectivity index (χ1v) is 6.78. The van der Waals surface area contributed by atoms with Crippen LogP contribution >= 0.6 is 0 Å². The lowest BCUT2D eigenvalue weighted by molar-refractivity contribution is -0.137. The maximum absolute atomic E-state index is 10.7. The molecular weight excluding hydrogens is 242 g/mol. The van der Waals surface area contributed by atoms with Crippen LogP contribution in [0.5, 0.6) is 5.75 Å². The molecule has 0 spiro atoms. The summed E-state index contributed by atoms with van der Waals surface area (Å²) >= 11 is 0. The van der Waals surface area contributed by atoms with Gasteiger partial charge in [0.15, 0.2) is 0 Å². The topological polar surface area (TPSA) is 49.8 Å². The largest absolute Gasteiger partial charge is 0.497 e. The van der Waals surface area contributed by atoms with Crippen molar-refractivity contribution in [3.05, 3.63) is 29.3 Å². The van der Waals surface area contributed by atoms with E-state index in [4.69, 9.17) is 9.84 Å². The van der Waals surface area contributed by atoms with Gasteiger partial charge in [0, 0.05) is 12.6 Å². The second kappa shape index (κ2) is 6.06. The molecule has 1 aromatic carbocycles. The molecule has 19 heavy (non-hydrogen) atoms. The first kappa shape index (κ1) is 13.9. The molecule has 0 heterocycles. The van der Waals surface area contributed by atoms with Gasteiger partial charge in [0.25, 0.3) is 0 Å². The van der Waals surface area contributed by atoms with Crippen molar-refractivity contribution in [1.29, 1.82) is 0 Å². The number of hydrogen-bond acceptors (Lipinski definition) is 3. The second-order valence-electron chi connectivity index (χ2n) is 4.89. The Hall–Kier alpha value is -1.55. The molecule has 0 fully saturated rings. The van der Waals surface area contributed by atoms with Gasteiger partial charge in [-0.3, -0.25) is 9.69 Å². The van der Waals surface area contributed by atoms with E-state index in [1.165, 1.54) is 11.1 Å². The van der Waals surface area contributed by atoms with Crippen molar-refractivity contribution >= 4 is 5.97 Å². The van der Waals surface area contributed by atoms with Gasteiger partial charge in [-0.15, -0.1) is 0 Å². The first-order valence-electron chi connectivity index (χ1n) is 6.78. The van der Waals surface area contributed by atoms with Crippen LogP contribution in [-0.2, 0) is 11.2 Å². The number of carbonyl (C=O) groups is 1. The summed E-state index contributed by atoms with van der Waals surface area (Å²) in [5.41, 5.74) is 2.66. The lowest BCUT2D eigenvalue weighted by atomic mass is 10.1. The number of ether oxygens (including phenoxy) is 1. The summed E-state index contributed by atoms with van der Waals surface area (Å²) in [5, 5.41) is 8.83. The van der Waals surface area contributed by atoms with E-state index in [-0.39, 0.29) is 6.42 Å². The van der Waals surface area contributed by atoms with E-state index in [0.29, 0.717) is 12.6 Å². The number of benzene rings is 1. The minimum atomic E-state index is -0.734. The summed E-state index contributed by atoms with van der Waals surface area (Å²) in [7, 11) is 1.67. The van der Waals surface area contributed by atoms with Gasteiger partial charge < -0.3 is 9.84 Å². The number of aryl methyl sites for hydroxylation is 1. The van der Waals surface area contributed by atoms with Gasteiger partial charge in [-0.25, -0.2) is 0 Å². The van der Waals surface area contributed by atoms with Crippen LogP contribution in [-0.4, -0.2) is 36.2 Å². The highest BCUT2D eigenvalue weighted by Gasteiger charge is 2.27. The van der Waals surface area contributed by atoms with Crippen molar-refractivity contribution in [2.45, 2.75) is 32.2 Å². The number of nitrogens with zero attached hydrogens (tertiary/aromatic N) is 1. The standard InChI is InChI=1S/C15H21NO3/c1-3-16(9-8-15(17)18)14-7-5-11-4-6-12(19-2)10-13(11)14/h4,6,10,14H,3,5,7-9H2,1-2H3,(H,17,18). The minimum absolute atomic E-state index is 0.198. The quantitative estimate of drug-likeness (QED) is 0.856. The zero-order chi connectivity index (χ0) is 13.8. The Kier molecular flexibility index (Phi) is 4.43. The Morgan fingerprint density at radius 1 is 1.53 bits per heavy atom. The van der Waals surface area contributed by atoms with Gasteiger partial charge >= 0.3 is 5.97 Å². The summed E-state index contributed by atoms with van der Waals surface area (Å²) < 4.78 is 5.29. The summed E-state index contributed by atoms with van der Waals surface area (Å²) in [4.78, 5) is 13.0. The Morgan fingerprint density at radius 2 is 2.32 bits per heavy atom. The number of carboxylic acids is 1. The number of carboxylic acid groups (broad SMARTS) is 1. The fraction of sp³-hybridized carbons (Fsp3) is 0.533. The second-order valence-corrected chi connectivity index (χ2v) is 4.89. The van der Waals surface area contributed by atoms with E-state index in [1.807, 2.05) is 6.07 Å². The molecule has 1 aromatic rings. The van der Waals surface area contributed by atoms with E-state index in [0.717, 1.165) is 25.1 Å². The summed E-state index contributed by atoms with van der Waals surface area (Å²) in [6, 6.07) is 6.54. The molecule has 0 aromatic heterocycles. The van der Waals surface area contributed by atoms with Crippen LogP contribution in [0.4, 0.5) is 0 Å². The molecule has 1 unspecified atom stereocenters. The van der Waals surface area contributed by atoms with E-state index in [2.05, 4.69) is 24.0 Å². The molecule has 0 radical (unpaired) electrons. The SMILES string of the molecule is CCN(CCC(=O)O)C1CCc2ccc(OC)cc21. The molecule has 1 N–H and O–H groups in total. The molecule has 1 atom stereocenters. The fourth-order valence-corrected chi connectivity index (χ4v) is 2.84. The molecule has 2 rings (SSSR count). The summed E-state index contributed by atoms with van der Waals surface area (Å²) in [6.45, 7) is 3.56. The molecule has 1 aliphatic carbocycles. The number of rotatable bonds is 6. The molecule has 1 aliphatic rings. The van der Waals surface area contributed by atoms with E-state index >= 15 is 0 Å². The van der Waals surface area contributed by atoms with E-state index in [1.54, 1.807) is 7.11 Å². The first-order chi connectivity index (χ1) is 9.15. The predicted molar refractivity (Wildman–Crippen MR) is 73.6 cm³/mol. The highest BCUT2D eigenvalue weighted by Crippen LogP contribution is 2.37. The Bertz CT molecular complexity index is 459. The molecule has 4 heteroatoms. The lowest BCUT2D eigenvalue weighted by Crippen LogP contribution is -2.29. The van der Waals surface area contributed by atoms with Gasteiger partial charge in [-0.1, -0.05) is 13.0 Å². The molecule has 0 saturated heterocycles. The van der Waals surface area contributed by atoms with Crippen molar-refractivity contribution < 1.29 is 14.6 Å². The van der Waals surface area contributed by atoms with Crippen molar-refractivity contribution in [2.75, 3.05) is 20.2 Å². The third-order valence-electron chi connectivity index (χ3n) is 3.86. The Morgan fingerprint density at radius 3 is 2.95 bits per heavy atom. The van der Waals surface area contributed by atoms with Crippen molar-refractivity contribution in [1.82, 2.24) is 4.90 Å². The summed E-state index contributed by atoms with van der Waals surface area (Å²) in [5.74, 6) is 0.141. The average Bonchev–Trinajstić information content (AvgIpc) is 2.82. The van der Waals surface area contributed by atoms with Gasteiger partial charge in [0.2, 0.25) is 0 Å². The van der Waals surface area contributed by atoms with Gasteiger partial charge in [-0.2, -0.15) is 0 Å². The van der Waals surface area contributed by atoms with Crippen molar-refractivity contribution in [3.8, 4) is 5.75 Å². The highest BCUT2D eigenvalue weighted by molar-refractivity contribution is 5.66. The van der Waals surface area contributed by atoms with Gasteiger partial charge in [0.05, 0.1) is 13.5 Å². The molecule has 0 bridgehead atoms. The maximum Gasteiger partial charge on any atom is 0.304 e. The van der Waals surface area contributed by atoms with Crippen LogP contribution in [0.25, 0.3) is 0 Å². The minimum Gasteiger partial charge on any atom is -0.497 e. The monoisotopic (exact) mass is 263 g/mol.